The molecule has 0 saturated heterocycles. The van der Waals surface area contributed by atoms with Gasteiger partial charge in [0.2, 0.25) is 0 Å². The average molecular weight is 240 g/mol. The number of aromatic nitrogens is 2. The van der Waals surface area contributed by atoms with Crippen molar-refractivity contribution in [1.82, 2.24) is 9.97 Å². The highest BCUT2D eigenvalue weighted by atomic mass is 35.5. The van der Waals surface area contributed by atoms with E-state index >= 15 is 0 Å². The number of aromatic amines is 1. The number of hydrogen-bond acceptors (Lipinski definition) is 2. The minimum Gasteiger partial charge on any atom is -0.342 e. The van der Waals surface area contributed by atoms with Crippen LogP contribution < -0.4 is 5.73 Å². The molecule has 3 nitrogen and oxygen atoms in total. The molecule has 0 fully saturated rings. The molecule has 0 spiro atoms. The predicted molar refractivity (Wildman–Crippen MR) is 70.0 cm³/mol. The summed E-state index contributed by atoms with van der Waals surface area (Å²) in [6, 6.07) is 8.14. The van der Waals surface area contributed by atoms with E-state index < -0.39 is 0 Å². The molecule has 0 atom stereocenters. The van der Waals surface area contributed by atoms with Gasteiger partial charge in [-0.05, 0) is 31.5 Å². The Balaban J connectivity index is 0.00000128. The molecule has 0 aliphatic heterocycles. The lowest BCUT2D eigenvalue weighted by Gasteiger charge is -1.95. The summed E-state index contributed by atoms with van der Waals surface area (Å²) in [7, 11) is 0. The number of fused-ring (bicyclic) bond motifs is 1. The van der Waals surface area contributed by atoms with Gasteiger partial charge in [-0.1, -0.05) is 18.6 Å². The van der Waals surface area contributed by atoms with Gasteiger partial charge in [0.15, 0.2) is 0 Å². The van der Waals surface area contributed by atoms with Gasteiger partial charge in [-0.15, -0.1) is 12.4 Å². The van der Waals surface area contributed by atoms with E-state index in [1.165, 1.54) is 6.42 Å². The van der Waals surface area contributed by atoms with Crippen LogP contribution in [0.3, 0.4) is 0 Å². The fraction of sp³-hybridized carbons (Fsp3) is 0.417. The van der Waals surface area contributed by atoms with Crippen LogP contribution in [0.25, 0.3) is 11.0 Å². The van der Waals surface area contributed by atoms with E-state index in [1.807, 2.05) is 18.2 Å². The van der Waals surface area contributed by atoms with Crippen molar-refractivity contribution in [3.05, 3.63) is 30.1 Å². The standard InChI is InChI=1S/C12H17N3.ClH/c13-9-5-1-2-8-12-14-10-6-3-4-7-11(10)15-12;/h3-4,6-7H,1-2,5,8-9,13H2,(H,14,15);1H. The molecule has 0 radical (unpaired) electrons. The third kappa shape index (κ3) is 3.22. The minimum absolute atomic E-state index is 0. The third-order valence-electron chi connectivity index (χ3n) is 2.56. The molecule has 0 unspecified atom stereocenters. The lowest BCUT2D eigenvalue weighted by molar-refractivity contribution is 0.674. The summed E-state index contributed by atoms with van der Waals surface area (Å²) in [5.74, 6) is 1.09. The van der Waals surface area contributed by atoms with Crippen molar-refractivity contribution in [2.45, 2.75) is 25.7 Å². The van der Waals surface area contributed by atoms with Crippen molar-refractivity contribution >= 4 is 23.4 Å². The fourth-order valence-electron chi connectivity index (χ4n) is 1.74. The first-order valence-electron chi connectivity index (χ1n) is 5.54. The van der Waals surface area contributed by atoms with Gasteiger partial charge in [0.1, 0.15) is 5.82 Å². The Bertz CT molecular complexity index is 392. The van der Waals surface area contributed by atoms with Gasteiger partial charge in [0, 0.05) is 6.42 Å². The first kappa shape index (κ1) is 13.0. The van der Waals surface area contributed by atoms with E-state index in [9.17, 15) is 0 Å². The normalized spacial score (nSPS) is 10.3. The van der Waals surface area contributed by atoms with Gasteiger partial charge in [0.05, 0.1) is 11.0 Å². The Morgan fingerprint density at radius 1 is 1.12 bits per heavy atom. The molecule has 2 rings (SSSR count). The number of unbranched alkanes of at least 4 members (excludes halogenated alkanes) is 2. The zero-order valence-corrected chi connectivity index (χ0v) is 10.1. The van der Waals surface area contributed by atoms with Crippen LogP contribution in [0.5, 0.6) is 0 Å². The van der Waals surface area contributed by atoms with E-state index in [1.54, 1.807) is 0 Å². The summed E-state index contributed by atoms with van der Waals surface area (Å²) in [6.07, 6.45) is 4.49. The molecule has 0 aliphatic rings. The molecule has 2 aromatic rings. The number of nitrogens with zero attached hydrogens (tertiary/aromatic N) is 1. The van der Waals surface area contributed by atoms with Crippen LogP contribution in [0.15, 0.2) is 24.3 Å². The van der Waals surface area contributed by atoms with Crippen molar-refractivity contribution in [2.24, 2.45) is 5.73 Å². The maximum absolute atomic E-state index is 5.45. The van der Waals surface area contributed by atoms with E-state index in [-0.39, 0.29) is 12.4 Å². The van der Waals surface area contributed by atoms with Crippen LogP contribution in [0, 0.1) is 0 Å². The van der Waals surface area contributed by atoms with Gasteiger partial charge in [-0.3, -0.25) is 0 Å². The van der Waals surface area contributed by atoms with Crippen LogP contribution in [-0.4, -0.2) is 16.5 Å². The highest BCUT2D eigenvalue weighted by Gasteiger charge is 2.00. The molecule has 1 aromatic carbocycles. The van der Waals surface area contributed by atoms with Crippen LogP contribution in [0.1, 0.15) is 25.1 Å². The summed E-state index contributed by atoms with van der Waals surface area (Å²) >= 11 is 0. The highest BCUT2D eigenvalue weighted by Crippen LogP contribution is 2.11. The van der Waals surface area contributed by atoms with Gasteiger partial charge in [-0.25, -0.2) is 4.98 Å². The number of nitrogens with one attached hydrogen (secondary N) is 1. The number of aryl methyl sites for hydroxylation is 1. The van der Waals surface area contributed by atoms with E-state index in [2.05, 4.69) is 16.0 Å². The van der Waals surface area contributed by atoms with Gasteiger partial charge in [0.25, 0.3) is 0 Å². The number of hydrogen-bond donors (Lipinski definition) is 2. The topological polar surface area (TPSA) is 54.7 Å². The maximum atomic E-state index is 5.45. The fourth-order valence-corrected chi connectivity index (χ4v) is 1.74. The first-order chi connectivity index (χ1) is 7.40. The molecule has 0 saturated carbocycles. The second-order valence-electron chi connectivity index (χ2n) is 3.80. The summed E-state index contributed by atoms with van der Waals surface area (Å²) in [5.41, 5.74) is 7.64. The van der Waals surface area contributed by atoms with Gasteiger partial charge < -0.3 is 10.7 Å². The minimum atomic E-state index is 0. The van der Waals surface area contributed by atoms with Crippen LogP contribution >= 0.6 is 12.4 Å². The van der Waals surface area contributed by atoms with Crippen LogP contribution in [0.4, 0.5) is 0 Å². The number of imidazole rings is 1. The summed E-state index contributed by atoms with van der Waals surface area (Å²) in [5, 5.41) is 0. The van der Waals surface area contributed by atoms with Crippen LogP contribution in [-0.2, 0) is 6.42 Å². The molecule has 3 N–H and O–H groups in total. The molecular weight excluding hydrogens is 222 g/mol. The number of halogens is 1. The molecule has 88 valence electrons. The average Bonchev–Trinajstić information content (AvgIpc) is 2.67. The molecular formula is C12H18ClN3. The second-order valence-corrected chi connectivity index (χ2v) is 3.80. The largest absolute Gasteiger partial charge is 0.342 e. The molecule has 4 heteroatoms. The summed E-state index contributed by atoms with van der Waals surface area (Å²) < 4.78 is 0. The van der Waals surface area contributed by atoms with Gasteiger partial charge >= 0.3 is 0 Å². The predicted octanol–water partition coefficient (Wildman–Crippen LogP) is 2.66. The number of H-pyrrole nitrogens is 1. The number of benzene rings is 1. The SMILES string of the molecule is Cl.NCCCCCc1nc2ccccc2[nH]1. The monoisotopic (exact) mass is 239 g/mol. The highest BCUT2D eigenvalue weighted by molar-refractivity contribution is 5.85. The van der Waals surface area contributed by atoms with Crippen molar-refractivity contribution in [2.75, 3.05) is 6.54 Å². The number of para-hydroxylation sites is 2. The molecule has 16 heavy (non-hydrogen) atoms. The lowest BCUT2D eigenvalue weighted by atomic mass is 10.2. The van der Waals surface area contributed by atoms with E-state index in [0.717, 1.165) is 42.7 Å². The van der Waals surface area contributed by atoms with Crippen LogP contribution in [0.2, 0.25) is 0 Å². The molecule has 0 aliphatic carbocycles. The molecule has 0 bridgehead atoms. The molecule has 0 amide bonds. The second kappa shape index (κ2) is 6.51. The van der Waals surface area contributed by atoms with Crippen molar-refractivity contribution in [3.8, 4) is 0 Å². The lowest BCUT2D eigenvalue weighted by Crippen LogP contribution is -1.98. The molecule has 1 heterocycles. The third-order valence-corrected chi connectivity index (χ3v) is 2.56. The van der Waals surface area contributed by atoms with Gasteiger partial charge in [-0.2, -0.15) is 0 Å². The Morgan fingerprint density at radius 3 is 2.69 bits per heavy atom. The number of rotatable bonds is 5. The smallest absolute Gasteiger partial charge is 0.107 e. The summed E-state index contributed by atoms with van der Waals surface area (Å²) in [4.78, 5) is 7.85. The first-order valence-corrected chi connectivity index (χ1v) is 5.54. The summed E-state index contributed by atoms with van der Waals surface area (Å²) in [6.45, 7) is 0.792. The zero-order chi connectivity index (χ0) is 10.5. The van der Waals surface area contributed by atoms with Crippen molar-refractivity contribution in [1.29, 1.82) is 0 Å². The van der Waals surface area contributed by atoms with Crippen molar-refractivity contribution in [3.63, 3.8) is 0 Å². The van der Waals surface area contributed by atoms with Crippen molar-refractivity contribution < 1.29 is 0 Å². The maximum Gasteiger partial charge on any atom is 0.107 e. The Hall–Kier alpha value is -1.06. The van der Waals surface area contributed by atoms with E-state index in [4.69, 9.17) is 5.73 Å². The van der Waals surface area contributed by atoms with E-state index in [0.29, 0.717) is 0 Å². The quantitative estimate of drug-likeness (QED) is 0.789. The Morgan fingerprint density at radius 2 is 1.94 bits per heavy atom. The number of nitrogens with two attached hydrogens (primary N) is 1. The Labute approximate surface area is 102 Å². The molecule has 1 aromatic heterocycles. The Kier molecular flexibility index (Phi) is 5.29. The zero-order valence-electron chi connectivity index (χ0n) is 9.28.